The number of fused-ring (bicyclic) bond motifs is 13. The van der Waals surface area contributed by atoms with Gasteiger partial charge in [-0.05, 0) is 96.1 Å². The minimum Gasteiger partial charge on any atom is -0.309 e. The Morgan fingerprint density at radius 2 is 0.516 bits per heavy atom. The summed E-state index contributed by atoms with van der Waals surface area (Å²) in [6, 6.07) is 84.4. The van der Waals surface area contributed by atoms with Gasteiger partial charge in [0, 0.05) is 65.8 Å². The van der Waals surface area contributed by atoms with Gasteiger partial charge in [-0.25, -0.2) is 0 Å². The molecule has 4 heteroatoms. The second-order valence-electron chi connectivity index (χ2n) is 16.9. The molecule has 0 aliphatic rings. The molecule has 0 amide bonds. The number of hydrogen-bond acceptors (Lipinski definition) is 0. The summed E-state index contributed by atoms with van der Waals surface area (Å²) in [5.74, 6) is 0. The van der Waals surface area contributed by atoms with Crippen LogP contribution in [0.15, 0.2) is 231 Å². The van der Waals surface area contributed by atoms with Crippen molar-refractivity contribution >= 4 is 87.2 Å². The van der Waals surface area contributed by atoms with E-state index in [0.29, 0.717) is 0 Å². The van der Waals surface area contributed by atoms with Crippen LogP contribution in [0.3, 0.4) is 0 Å². The minimum absolute atomic E-state index is 1.13. The fraction of sp³-hybridized carbons (Fsp3) is 0. The van der Waals surface area contributed by atoms with Crippen molar-refractivity contribution in [2.45, 2.75) is 0 Å². The molecule has 0 saturated heterocycles. The van der Waals surface area contributed by atoms with Gasteiger partial charge in [0.15, 0.2) is 0 Å². The zero-order valence-electron chi connectivity index (χ0n) is 34.7. The van der Waals surface area contributed by atoms with Crippen molar-refractivity contribution in [1.82, 2.24) is 18.3 Å². The summed E-state index contributed by atoms with van der Waals surface area (Å²) in [4.78, 5) is 0. The molecule has 0 bridgehead atoms. The summed E-state index contributed by atoms with van der Waals surface area (Å²) >= 11 is 0. The molecule has 14 aromatic rings. The number of nitrogens with zero attached hydrogens (tertiary/aromatic N) is 4. The van der Waals surface area contributed by atoms with Crippen LogP contribution in [-0.2, 0) is 0 Å². The van der Waals surface area contributed by atoms with E-state index < -0.39 is 0 Å². The summed E-state index contributed by atoms with van der Waals surface area (Å²) in [7, 11) is 0. The summed E-state index contributed by atoms with van der Waals surface area (Å²) < 4.78 is 9.81. The van der Waals surface area contributed by atoms with Gasteiger partial charge in [0.2, 0.25) is 0 Å². The highest BCUT2D eigenvalue weighted by molar-refractivity contribution is 6.24. The average molecular weight is 815 g/mol. The second kappa shape index (κ2) is 13.4. The van der Waals surface area contributed by atoms with Crippen LogP contribution in [0.1, 0.15) is 0 Å². The van der Waals surface area contributed by atoms with Gasteiger partial charge in [0.1, 0.15) is 0 Å². The molecule has 0 spiro atoms. The molecule has 0 N–H and O–H groups in total. The Morgan fingerprint density at radius 3 is 0.984 bits per heavy atom. The van der Waals surface area contributed by atoms with Crippen LogP contribution in [0.2, 0.25) is 0 Å². The van der Waals surface area contributed by atoms with E-state index in [-0.39, 0.29) is 0 Å². The topological polar surface area (TPSA) is 19.7 Å². The quantitative estimate of drug-likeness (QED) is 0.165. The molecule has 64 heavy (non-hydrogen) atoms. The highest BCUT2D eigenvalue weighted by Gasteiger charge is 2.22. The van der Waals surface area contributed by atoms with Crippen LogP contribution in [0.4, 0.5) is 0 Å². The lowest BCUT2D eigenvalue weighted by atomic mass is 10.0. The molecule has 4 heterocycles. The molecule has 4 aromatic heterocycles. The highest BCUT2D eigenvalue weighted by atomic mass is 15.0. The number of rotatable bonds is 5. The van der Waals surface area contributed by atoms with Gasteiger partial charge in [-0.3, -0.25) is 0 Å². The summed E-state index contributed by atoms with van der Waals surface area (Å²) in [5, 5.41) is 9.94. The molecular weight excluding hydrogens is 777 g/mol. The first-order valence-corrected chi connectivity index (χ1v) is 22.0. The molecule has 0 saturated carbocycles. The van der Waals surface area contributed by atoms with Crippen molar-refractivity contribution in [3.8, 4) is 33.9 Å². The fourth-order valence-electron chi connectivity index (χ4n) is 10.8. The predicted molar refractivity (Wildman–Crippen MR) is 269 cm³/mol. The zero-order chi connectivity index (χ0) is 41.9. The lowest BCUT2D eigenvalue weighted by molar-refractivity contribution is 1.15. The lowest BCUT2D eigenvalue weighted by Crippen LogP contribution is -1.99. The number of para-hydroxylation sites is 6. The van der Waals surface area contributed by atoms with Crippen LogP contribution in [-0.4, -0.2) is 18.3 Å². The van der Waals surface area contributed by atoms with Crippen molar-refractivity contribution in [2.75, 3.05) is 0 Å². The van der Waals surface area contributed by atoms with E-state index >= 15 is 0 Å². The first-order chi connectivity index (χ1) is 31.8. The summed E-state index contributed by atoms with van der Waals surface area (Å²) in [5.41, 5.74) is 16.5. The van der Waals surface area contributed by atoms with Crippen molar-refractivity contribution in [3.63, 3.8) is 0 Å². The highest BCUT2D eigenvalue weighted by Crippen LogP contribution is 2.43. The third-order valence-corrected chi connectivity index (χ3v) is 13.5. The van der Waals surface area contributed by atoms with E-state index in [1.807, 2.05) is 0 Å². The van der Waals surface area contributed by atoms with Crippen molar-refractivity contribution in [3.05, 3.63) is 231 Å². The maximum Gasteiger partial charge on any atom is 0.0788 e. The van der Waals surface area contributed by atoms with Gasteiger partial charge < -0.3 is 18.3 Å². The molecule has 14 rings (SSSR count). The lowest BCUT2D eigenvalue weighted by Gasteiger charge is -2.14. The van der Waals surface area contributed by atoms with Crippen LogP contribution in [0, 0.1) is 0 Å². The number of hydrogen-bond donors (Lipinski definition) is 0. The molecule has 0 unspecified atom stereocenters. The van der Waals surface area contributed by atoms with Gasteiger partial charge in [0.05, 0.1) is 44.1 Å². The SMILES string of the molecule is c1ccc(-n2c3ccccc3c3cc4c(cc32)c2ccccc2n4-c2cccc(-c3cccc(-n4c5ccccc5c5ccc6c7ccccc7n(-c7ccccc7)c6c54)c3)c2)cc1. The Morgan fingerprint density at radius 1 is 0.188 bits per heavy atom. The monoisotopic (exact) mass is 814 g/mol. The van der Waals surface area contributed by atoms with Crippen molar-refractivity contribution < 1.29 is 0 Å². The molecule has 10 aromatic carbocycles. The fourth-order valence-corrected chi connectivity index (χ4v) is 10.8. The molecule has 0 aliphatic heterocycles. The molecule has 0 radical (unpaired) electrons. The van der Waals surface area contributed by atoms with E-state index in [9.17, 15) is 0 Å². The van der Waals surface area contributed by atoms with Crippen LogP contribution < -0.4 is 0 Å². The van der Waals surface area contributed by atoms with Gasteiger partial charge in [-0.2, -0.15) is 0 Å². The van der Waals surface area contributed by atoms with Crippen LogP contribution >= 0.6 is 0 Å². The number of benzene rings is 10. The van der Waals surface area contributed by atoms with Gasteiger partial charge in [0.25, 0.3) is 0 Å². The van der Waals surface area contributed by atoms with Gasteiger partial charge >= 0.3 is 0 Å². The van der Waals surface area contributed by atoms with E-state index in [1.165, 1.54) is 87.2 Å². The minimum atomic E-state index is 1.13. The van der Waals surface area contributed by atoms with Crippen LogP contribution in [0.25, 0.3) is 121 Å². The normalized spacial score (nSPS) is 12.1. The maximum atomic E-state index is 2.49. The molecule has 0 fully saturated rings. The Bertz CT molecular complexity index is 4180. The third-order valence-electron chi connectivity index (χ3n) is 13.5. The predicted octanol–water partition coefficient (Wildman–Crippen LogP) is 15.7. The molecule has 0 aliphatic carbocycles. The summed E-state index contributed by atoms with van der Waals surface area (Å²) in [6.07, 6.45) is 0. The van der Waals surface area contributed by atoms with Crippen molar-refractivity contribution in [1.29, 1.82) is 0 Å². The Labute approximate surface area is 368 Å². The third kappa shape index (κ3) is 4.93. The summed E-state index contributed by atoms with van der Waals surface area (Å²) in [6.45, 7) is 0. The van der Waals surface area contributed by atoms with Crippen molar-refractivity contribution in [2.24, 2.45) is 0 Å². The van der Waals surface area contributed by atoms with Gasteiger partial charge in [-0.15, -0.1) is 0 Å². The Hall–Kier alpha value is -8.60. The molecule has 0 atom stereocenters. The average Bonchev–Trinajstić information content (AvgIpc) is 4.09. The zero-order valence-corrected chi connectivity index (χ0v) is 34.7. The Kier molecular flexibility index (Phi) is 7.36. The first kappa shape index (κ1) is 35.0. The van der Waals surface area contributed by atoms with E-state index in [2.05, 4.69) is 249 Å². The second-order valence-corrected chi connectivity index (χ2v) is 16.9. The smallest absolute Gasteiger partial charge is 0.0788 e. The molecule has 4 nitrogen and oxygen atoms in total. The van der Waals surface area contributed by atoms with E-state index in [0.717, 1.165) is 33.9 Å². The molecule has 298 valence electrons. The van der Waals surface area contributed by atoms with Gasteiger partial charge in [-0.1, -0.05) is 146 Å². The largest absolute Gasteiger partial charge is 0.309 e. The maximum absolute atomic E-state index is 2.49. The Balaban J connectivity index is 0.986. The van der Waals surface area contributed by atoms with E-state index in [1.54, 1.807) is 0 Å². The number of aromatic nitrogens is 4. The molecular formula is C60H38N4. The first-order valence-electron chi connectivity index (χ1n) is 22.0. The van der Waals surface area contributed by atoms with E-state index in [4.69, 9.17) is 0 Å². The standard InChI is InChI=1S/C60H38N4/c1-3-19-41(20-4-1)61-53-29-11-9-27-47(53)51-38-58-52(37-57(51)61)48-28-10-12-30-54(48)62(58)43-23-15-17-39(35-43)40-18-16-24-44(36-40)64-56-32-14-8-26-46(56)50-34-33-49-45-25-7-13-31-55(45)63(59(49)60(50)64)42-21-5-2-6-22-42/h1-38H. The van der Waals surface area contributed by atoms with Crippen LogP contribution in [0.5, 0.6) is 0 Å².